The van der Waals surface area contributed by atoms with Gasteiger partial charge >= 0.3 is 0 Å². The maximum absolute atomic E-state index is 11.2. The van der Waals surface area contributed by atoms with Gasteiger partial charge in [0.25, 0.3) is 5.69 Å². The Morgan fingerprint density at radius 3 is 2.21 bits per heavy atom. The molecular formula is C31H41N5O2. The first-order valence-corrected chi connectivity index (χ1v) is 14.1. The summed E-state index contributed by atoms with van der Waals surface area (Å²) in [7, 11) is 2.18. The van der Waals surface area contributed by atoms with Crippen molar-refractivity contribution in [2.45, 2.75) is 25.3 Å². The summed E-state index contributed by atoms with van der Waals surface area (Å²) in [6, 6.07) is 22.9. The molecule has 5 rings (SSSR count). The third kappa shape index (κ3) is 6.77. The Balaban J connectivity index is 1.11. The monoisotopic (exact) mass is 515 g/mol. The summed E-state index contributed by atoms with van der Waals surface area (Å²) < 4.78 is 0. The highest BCUT2D eigenvalue weighted by Gasteiger charge is 2.28. The average molecular weight is 516 g/mol. The van der Waals surface area contributed by atoms with E-state index in [1.165, 1.54) is 41.3 Å². The molecule has 0 radical (unpaired) electrons. The van der Waals surface area contributed by atoms with Crippen molar-refractivity contribution < 1.29 is 4.92 Å². The summed E-state index contributed by atoms with van der Waals surface area (Å²) in [5.41, 5.74) is 2.82. The fraction of sp³-hybridized carbons (Fsp3) is 0.484. The highest BCUT2D eigenvalue weighted by molar-refractivity contribution is 5.85. The molecule has 0 amide bonds. The zero-order valence-corrected chi connectivity index (χ0v) is 22.7. The quantitative estimate of drug-likeness (QED) is 0.222. The van der Waals surface area contributed by atoms with E-state index >= 15 is 0 Å². The number of nitrogens with zero attached hydrogens (tertiary/aromatic N) is 5. The van der Waals surface area contributed by atoms with Crippen molar-refractivity contribution in [1.82, 2.24) is 19.6 Å². The summed E-state index contributed by atoms with van der Waals surface area (Å²) in [4.78, 5) is 21.0. The molecule has 2 aliphatic heterocycles. The van der Waals surface area contributed by atoms with E-state index in [0.29, 0.717) is 0 Å². The molecule has 1 unspecified atom stereocenters. The van der Waals surface area contributed by atoms with Gasteiger partial charge in [-0.15, -0.1) is 0 Å². The molecule has 2 aliphatic rings. The van der Waals surface area contributed by atoms with Crippen molar-refractivity contribution in [2.24, 2.45) is 0 Å². The van der Waals surface area contributed by atoms with Crippen LogP contribution in [0.2, 0.25) is 0 Å². The van der Waals surface area contributed by atoms with E-state index in [9.17, 15) is 10.1 Å². The second kappa shape index (κ2) is 12.8. The van der Waals surface area contributed by atoms with Crippen LogP contribution in [0.15, 0.2) is 66.7 Å². The maximum atomic E-state index is 11.2. The van der Waals surface area contributed by atoms with Crippen LogP contribution >= 0.6 is 0 Å². The summed E-state index contributed by atoms with van der Waals surface area (Å²) in [6.07, 6.45) is 3.60. The molecule has 0 aliphatic carbocycles. The van der Waals surface area contributed by atoms with Gasteiger partial charge in [-0.25, -0.2) is 0 Å². The smallest absolute Gasteiger partial charge is 0.269 e. The number of rotatable bonds is 10. The van der Waals surface area contributed by atoms with Gasteiger partial charge in [-0.3, -0.25) is 19.9 Å². The van der Waals surface area contributed by atoms with Gasteiger partial charge < -0.3 is 9.80 Å². The lowest BCUT2D eigenvalue weighted by molar-refractivity contribution is -0.384. The van der Waals surface area contributed by atoms with Crippen LogP contribution in [0.25, 0.3) is 10.8 Å². The van der Waals surface area contributed by atoms with E-state index in [2.05, 4.69) is 69.1 Å². The van der Waals surface area contributed by atoms with E-state index in [1.807, 2.05) is 12.1 Å². The molecule has 38 heavy (non-hydrogen) atoms. The van der Waals surface area contributed by atoms with E-state index < -0.39 is 0 Å². The number of piperazine rings is 2. The van der Waals surface area contributed by atoms with Gasteiger partial charge in [0.2, 0.25) is 0 Å². The van der Waals surface area contributed by atoms with Gasteiger partial charge in [0.05, 0.1) is 4.92 Å². The summed E-state index contributed by atoms with van der Waals surface area (Å²) >= 11 is 0. The van der Waals surface area contributed by atoms with Crippen LogP contribution in [-0.4, -0.2) is 97.0 Å². The number of nitro groups is 1. The number of unbranched alkanes of at least 4 members (excludes halogenated alkanes) is 1. The summed E-state index contributed by atoms with van der Waals surface area (Å²) in [5, 5.41) is 13.9. The van der Waals surface area contributed by atoms with Crippen LogP contribution in [-0.2, 0) is 6.42 Å². The van der Waals surface area contributed by atoms with Crippen LogP contribution in [0.1, 0.15) is 30.0 Å². The molecule has 7 nitrogen and oxygen atoms in total. The van der Waals surface area contributed by atoms with Crippen LogP contribution in [0, 0.1) is 10.1 Å². The normalized spacial score (nSPS) is 19.1. The third-order valence-electron chi connectivity index (χ3n) is 8.41. The Morgan fingerprint density at radius 1 is 0.789 bits per heavy atom. The predicted octanol–water partition coefficient (Wildman–Crippen LogP) is 4.68. The molecular weight excluding hydrogens is 474 g/mol. The van der Waals surface area contributed by atoms with Gasteiger partial charge in [0.15, 0.2) is 0 Å². The zero-order valence-electron chi connectivity index (χ0n) is 22.7. The molecule has 3 aromatic rings. The second-order valence-corrected chi connectivity index (χ2v) is 10.9. The zero-order chi connectivity index (χ0) is 26.3. The fourth-order valence-electron chi connectivity index (χ4n) is 5.98. The molecule has 2 fully saturated rings. The molecule has 0 N–H and O–H groups in total. The van der Waals surface area contributed by atoms with E-state index in [4.69, 9.17) is 0 Å². The minimum absolute atomic E-state index is 0.167. The van der Waals surface area contributed by atoms with E-state index in [0.717, 1.165) is 65.3 Å². The topological polar surface area (TPSA) is 56.1 Å². The molecule has 2 saturated heterocycles. The van der Waals surface area contributed by atoms with Crippen LogP contribution < -0.4 is 0 Å². The number of non-ortho nitro benzene ring substituents is 1. The van der Waals surface area contributed by atoms with Crippen molar-refractivity contribution in [1.29, 1.82) is 0 Å². The van der Waals surface area contributed by atoms with Crippen molar-refractivity contribution in [3.8, 4) is 0 Å². The molecule has 3 aromatic carbocycles. The second-order valence-electron chi connectivity index (χ2n) is 10.9. The summed E-state index contributed by atoms with van der Waals surface area (Å²) in [6.45, 7) is 10.8. The Morgan fingerprint density at radius 2 is 1.47 bits per heavy atom. The highest BCUT2D eigenvalue weighted by atomic mass is 16.6. The van der Waals surface area contributed by atoms with Crippen molar-refractivity contribution in [2.75, 3.05) is 72.5 Å². The molecule has 7 heteroatoms. The summed E-state index contributed by atoms with van der Waals surface area (Å²) in [5.74, 6) is 0. The number of hydrogen-bond acceptors (Lipinski definition) is 6. The SMILES string of the molecule is CN1CCN(C(CN2CCN(CCCCc3cccc4ccccc34)CC2)c2ccc([N+](=O)[O-])cc2)CC1. The Bertz CT molecular complexity index is 1180. The number of aryl methyl sites for hydroxylation is 1. The van der Waals surface area contributed by atoms with Crippen LogP contribution in [0.4, 0.5) is 5.69 Å². The lowest BCUT2D eigenvalue weighted by Crippen LogP contribution is -2.52. The molecule has 0 spiro atoms. The standard InChI is InChI=1S/C31H41N5O2/c1-32-17-23-35(24-18-32)31(28-12-14-29(15-13-28)36(37)38)25-34-21-19-33(20-22-34)16-5-4-8-27-10-6-9-26-7-2-3-11-30(26)27/h2-3,6-7,9-15,31H,4-5,8,16-25H2,1H3. The first kappa shape index (κ1) is 26.8. The third-order valence-corrected chi connectivity index (χ3v) is 8.41. The van der Waals surface area contributed by atoms with Gasteiger partial charge in [-0.05, 0) is 54.8 Å². The number of hydrogen-bond donors (Lipinski definition) is 0. The molecule has 1 atom stereocenters. The Kier molecular flexibility index (Phi) is 9.02. The molecule has 0 aromatic heterocycles. The van der Waals surface area contributed by atoms with Gasteiger partial charge in [-0.1, -0.05) is 54.6 Å². The maximum Gasteiger partial charge on any atom is 0.269 e. The van der Waals surface area contributed by atoms with Crippen molar-refractivity contribution in [3.05, 3.63) is 88.0 Å². The first-order chi connectivity index (χ1) is 18.6. The molecule has 202 valence electrons. The lowest BCUT2D eigenvalue weighted by Gasteiger charge is -2.42. The van der Waals surface area contributed by atoms with E-state index in [-0.39, 0.29) is 16.7 Å². The predicted molar refractivity (Wildman–Crippen MR) is 155 cm³/mol. The number of likely N-dealkylation sites (N-methyl/N-ethyl adjacent to an activating group) is 1. The Hall–Kier alpha value is -2.84. The Labute approximate surface area is 226 Å². The molecule has 0 saturated carbocycles. The number of nitro benzene ring substituents is 1. The largest absolute Gasteiger partial charge is 0.304 e. The number of fused-ring (bicyclic) bond motifs is 1. The van der Waals surface area contributed by atoms with Gasteiger partial charge in [-0.2, -0.15) is 0 Å². The highest BCUT2D eigenvalue weighted by Crippen LogP contribution is 2.26. The molecule has 0 bridgehead atoms. The van der Waals surface area contributed by atoms with Crippen LogP contribution in [0.3, 0.4) is 0 Å². The molecule has 2 heterocycles. The van der Waals surface area contributed by atoms with E-state index in [1.54, 1.807) is 12.1 Å². The van der Waals surface area contributed by atoms with Crippen molar-refractivity contribution >= 4 is 16.5 Å². The van der Waals surface area contributed by atoms with Crippen LogP contribution in [0.5, 0.6) is 0 Å². The van der Waals surface area contributed by atoms with Gasteiger partial charge in [0.1, 0.15) is 0 Å². The lowest BCUT2D eigenvalue weighted by atomic mass is 10.00. The minimum Gasteiger partial charge on any atom is -0.304 e. The van der Waals surface area contributed by atoms with Gasteiger partial charge in [0, 0.05) is 77.1 Å². The fourth-order valence-corrected chi connectivity index (χ4v) is 5.98. The average Bonchev–Trinajstić information content (AvgIpc) is 2.95. The van der Waals surface area contributed by atoms with Crippen molar-refractivity contribution in [3.63, 3.8) is 0 Å². The minimum atomic E-state index is -0.310. The number of benzene rings is 3. The first-order valence-electron chi connectivity index (χ1n) is 14.1.